The van der Waals surface area contributed by atoms with Gasteiger partial charge in [0.15, 0.2) is 5.15 Å². The number of rotatable bonds is 1. The number of amides is 1. The van der Waals surface area contributed by atoms with Crippen molar-refractivity contribution in [2.24, 2.45) is 0 Å². The Labute approximate surface area is 85.3 Å². The Hall–Kier alpha value is -1.36. The largest absolute Gasteiger partial charge is 0.465 e. The van der Waals surface area contributed by atoms with E-state index in [4.69, 9.17) is 16.7 Å². The van der Waals surface area contributed by atoms with Crippen molar-refractivity contribution in [1.29, 1.82) is 0 Å². The summed E-state index contributed by atoms with van der Waals surface area (Å²) < 4.78 is 0. The van der Waals surface area contributed by atoms with Crippen LogP contribution in [0.3, 0.4) is 0 Å². The van der Waals surface area contributed by atoms with Crippen LogP contribution in [0.4, 0.5) is 4.79 Å². The number of likely N-dealkylation sites (tertiary alicyclic amines) is 1. The second-order valence-electron chi connectivity index (χ2n) is 3.12. The molecular formula is C8H8ClN3O2. The fraction of sp³-hybridized carbons (Fsp3) is 0.375. The maximum atomic E-state index is 10.5. The van der Waals surface area contributed by atoms with Crippen molar-refractivity contribution in [2.45, 2.75) is 5.92 Å². The fourth-order valence-corrected chi connectivity index (χ4v) is 1.67. The Bertz CT molecular complexity index is 365. The lowest BCUT2D eigenvalue weighted by molar-refractivity contribution is 0.104. The van der Waals surface area contributed by atoms with Gasteiger partial charge in [-0.3, -0.25) is 4.98 Å². The van der Waals surface area contributed by atoms with E-state index in [0.717, 1.165) is 0 Å². The maximum absolute atomic E-state index is 10.5. The number of aromatic nitrogens is 2. The summed E-state index contributed by atoms with van der Waals surface area (Å²) in [7, 11) is 0. The summed E-state index contributed by atoms with van der Waals surface area (Å²) in [6.45, 7) is 0.904. The van der Waals surface area contributed by atoms with Crippen LogP contribution in [0.1, 0.15) is 11.6 Å². The lowest BCUT2D eigenvalue weighted by Crippen LogP contribution is -2.48. The highest BCUT2D eigenvalue weighted by molar-refractivity contribution is 6.30. The van der Waals surface area contributed by atoms with E-state index in [1.165, 1.54) is 11.1 Å². The van der Waals surface area contributed by atoms with Gasteiger partial charge in [0.05, 0.1) is 5.69 Å². The molecule has 0 aromatic carbocycles. The lowest BCUT2D eigenvalue weighted by atomic mass is 9.97. The minimum Gasteiger partial charge on any atom is -0.465 e. The van der Waals surface area contributed by atoms with Crippen LogP contribution in [0.5, 0.6) is 0 Å². The molecule has 1 saturated heterocycles. The molecule has 5 nitrogen and oxygen atoms in total. The van der Waals surface area contributed by atoms with Crippen LogP contribution in [0, 0.1) is 0 Å². The van der Waals surface area contributed by atoms with Crippen LogP contribution < -0.4 is 0 Å². The molecule has 1 aliphatic rings. The molecule has 1 aromatic rings. The predicted octanol–water partition coefficient (Wildman–Crippen LogP) is 1.21. The van der Waals surface area contributed by atoms with Crippen LogP contribution in [0.15, 0.2) is 12.4 Å². The summed E-state index contributed by atoms with van der Waals surface area (Å²) in [5.74, 6) is 0.0901. The molecule has 0 bridgehead atoms. The molecule has 1 N–H and O–H groups in total. The van der Waals surface area contributed by atoms with Gasteiger partial charge in [-0.25, -0.2) is 9.78 Å². The van der Waals surface area contributed by atoms with Gasteiger partial charge in [0.1, 0.15) is 0 Å². The number of carbonyl (C=O) groups is 1. The van der Waals surface area contributed by atoms with E-state index in [0.29, 0.717) is 23.9 Å². The van der Waals surface area contributed by atoms with E-state index in [1.807, 2.05) is 0 Å². The van der Waals surface area contributed by atoms with E-state index in [2.05, 4.69) is 9.97 Å². The Balaban J connectivity index is 2.07. The summed E-state index contributed by atoms with van der Waals surface area (Å²) in [4.78, 5) is 19.8. The quantitative estimate of drug-likeness (QED) is 0.762. The van der Waals surface area contributed by atoms with Crippen molar-refractivity contribution in [3.63, 3.8) is 0 Å². The average Bonchev–Trinajstić information content (AvgIpc) is 2.05. The van der Waals surface area contributed by atoms with Gasteiger partial charge in [-0.1, -0.05) is 11.6 Å². The summed E-state index contributed by atoms with van der Waals surface area (Å²) >= 11 is 5.82. The molecule has 1 amide bonds. The van der Waals surface area contributed by atoms with Gasteiger partial charge in [0, 0.05) is 31.4 Å². The van der Waals surface area contributed by atoms with Crippen molar-refractivity contribution in [1.82, 2.24) is 14.9 Å². The van der Waals surface area contributed by atoms with Crippen molar-refractivity contribution < 1.29 is 9.90 Å². The molecule has 0 aliphatic carbocycles. The molecule has 0 saturated carbocycles. The van der Waals surface area contributed by atoms with Crippen LogP contribution in [-0.4, -0.2) is 39.2 Å². The summed E-state index contributed by atoms with van der Waals surface area (Å²) in [5.41, 5.74) is 0.687. The summed E-state index contributed by atoms with van der Waals surface area (Å²) in [6.07, 6.45) is 2.17. The zero-order valence-electron chi connectivity index (χ0n) is 7.22. The second-order valence-corrected chi connectivity index (χ2v) is 3.47. The minimum absolute atomic E-state index is 0.0901. The number of nitrogens with zero attached hydrogens (tertiary/aromatic N) is 3. The smallest absolute Gasteiger partial charge is 0.407 e. The van der Waals surface area contributed by atoms with Crippen molar-refractivity contribution in [2.75, 3.05) is 13.1 Å². The average molecular weight is 214 g/mol. The highest BCUT2D eigenvalue weighted by atomic mass is 35.5. The zero-order valence-corrected chi connectivity index (χ0v) is 7.98. The predicted molar refractivity (Wildman–Crippen MR) is 49.4 cm³/mol. The third-order valence-corrected chi connectivity index (χ3v) is 2.51. The van der Waals surface area contributed by atoms with E-state index in [-0.39, 0.29) is 5.92 Å². The minimum atomic E-state index is -0.902. The molecule has 0 spiro atoms. The van der Waals surface area contributed by atoms with Crippen molar-refractivity contribution in [3.05, 3.63) is 23.2 Å². The van der Waals surface area contributed by atoms with E-state index >= 15 is 0 Å². The molecule has 2 rings (SSSR count). The van der Waals surface area contributed by atoms with Crippen LogP contribution >= 0.6 is 11.6 Å². The van der Waals surface area contributed by atoms with Crippen LogP contribution in [0.2, 0.25) is 5.15 Å². The molecule has 0 atom stereocenters. The fourth-order valence-electron chi connectivity index (χ4n) is 1.41. The zero-order chi connectivity index (χ0) is 10.1. The number of halogens is 1. The van der Waals surface area contributed by atoms with Gasteiger partial charge in [-0.05, 0) is 0 Å². The van der Waals surface area contributed by atoms with Crippen molar-refractivity contribution in [3.8, 4) is 0 Å². The molecule has 74 valence electrons. The molecule has 14 heavy (non-hydrogen) atoms. The normalized spacial score (nSPS) is 16.5. The Morgan fingerprint density at radius 1 is 1.50 bits per heavy atom. The molecule has 1 aromatic heterocycles. The lowest BCUT2D eigenvalue weighted by Gasteiger charge is -2.36. The first-order valence-electron chi connectivity index (χ1n) is 4.12. The Kier molecular flexibility index (Phi) is 2.25. The van der Waals surface area contributed by atoms with E-state index in [1.54, 1.807) is 6.20 Å². The van der Waals surface area contributed by atoms with E-state index in [9.17, 15) is 4.79 Å². The topological polar surface area (TPSA) is 66.3 Å². The third kappa shape index (κ3) is 1.50. The van der Waals surface area contributed by atoms with E-state index < -0.39 is 6.09 Å². The summed E-state index contributed by atoms with van der Waals surface area (Å²) in [6, 6.07) is 0. The standard InChI is InChI=1S/C8H8ClN3O2/c9-7-6(10-1-2-11-7)5-3-12(4-5)8(13)14/h1-2,5H,3-4H2,(H,13,14). The van der Waals surface area contributed by atoms with Crippen LogP contribution in [-0.2, 0) is 0 Å². The third-order valence-electron chi connectivity index (χ3n) is 2.22. The van der Waals surface area contributed by atoms with Gasteiger partial charge < -0.3 is 10.0 Å². The maximum Gasteiger partial charge on any atom is 0.407 e. The molecule has 0 unspecified atom stereocenters. The molecule has 2 heterocycles. The van der Waals surface area contributed by atoms with Gasteiger partial charge >= 0.3 is 6.09 Å². The molecule has 6 heteroatoms. The molecular weight excluding hydrogens is 206 g/mol. The Morgan fingerprint density at radius 2 is 2.14 bits per heavy atom. The first-order chi connectivity index (χ1) is 6.68. The van der Waals surface area contributed by atoms with Gasteiger partial charge in [0.2, 0.25) is 0 Å². The molecule has 0 radical (unpaired) electrons. The molecule has 1 fully saturated rings. The highest BCUT2D eigenvalue weighted by Crippen LogP contribution is 2.28. The number of hydrogen-bond acceptors (Lipinski definition) is 3. The SMILES string of the molecule is O=C(O)N1CC(c2nccnc2Cl)C1. The first kappa shape index (κ1) is 9.21. The number of hydrogen-bond donors (Lipinski definition) is 1. The Morgan fingerprint density at radius 3 is 2.71 bits per heavy atom. The first-order valence-corrected chi connectivity index (χ1v) is 4.50. The van der Waals surface area contributed by atoms with Gasteiger partial charge in [-0.2, -0.15) is 0 Å². The van der Waals surface area contributed by atoms with Crippen LogP contribution in [0.25, 0.3) is 0 Å². The highest BCUT2D eigenvalue weighted by Gasteiger charge is 2.33. The number of carboxylic acid groups (broad SMARTS) is 1. The van der Waals surface area contributed by atoms with Crippen molar-refractivity contribution >= 4 is 17.7 Å². The monoisotopic (exact) mass is 213 g/mol. The molecule has 1 aliphatic heterocycles. The summed E-state index contributed by atoms with van der Waals surface area (Å²) in [5, 5.41) is 8.99. The van der Waals surface area contributed by atoms with Gasteiger partial charge in [0.25, 0.3) is 0 Å². The second kappa shape index (κ2) is 3.42. The van der Waals surface area contributed by atoms with Gasteiger partial charge in [-0.15, -0.1) is 0 Å².